The van der Waals surface area contributed by atoms with E-state index in [1.54, 1.807) is 18.2 Å². The first kappa shape index (κ1) is 89.9. The van der Waals surface area contributed by atoms with Gasteiger partial charge in [-0.2, -0.15) is 15.8 Å². The molecule has 0 saturated carbocycles. The fraction of sp³-hybridized carbons (Fsp3) is 0.520. The van der Waals surface area contributed by atoms with Crippen LogP contribution in [-0.2, 0) is 91.7 Å². The number of nitriles is 3. The third kappa shape index (κ3) is 24.9. The summed E-state index contributed by atoms with van der Waals surface area (Å²) >= 11 is 0. The van der Waals surface area contributed by atoms with E-state index < -0.39 is 0 Å². The van der Waals surface area contributed by atoms with Crippen molar-refractivity contribution in [2.75, 3.05) is 0 Å². The van der Waals surface area contributed by atoms with E-state index in [1.807, 2.05) is 0 Å². The Labute approximate surface area is 601 Å². The molecule has 0 aliphatic heterocycles. The van der Waals surface area contributed by atoms with Crippen LogP contribution in [0.2, 0.25) is 0 Å². The van der Waals surface area contributed by atoms with Crippen molar-refractivity contribution in [1.29, 1.82) is 15.8 Å². The summed E-state index contributed by atoms with van der Waals surface area (Å²) in [7, 11) is 0. The second-order valence-electron chi connectivity index (χ2n) is 28.0. The monoisotopic (exact) mass is 1550 g/mol. The maximum absolute atomic E-state index is 7.32. The largest absolute Gasteiger partial charge is 1.00 e. The minimum absolute atomic E-state index is 0. The molecular formula is C75H105Cl3N9Rh3-3. The summed E-state index contributed by atoms with van der Waals surface area (Å²) in [5.41, 5.74) is 6.32. The van der Waals surface area contributed by atoms with Gasteiger partial charge in [-0.15, -0.1) is 0 Å². The fourth-order valence-corrected chi connectivity index (χ4v) is 10.4. The van der Waals surface area contributed by atoms with Gasteiger partial charge in [0.2, 0.25) is 19.0 Å². The van der Waals surface area contributed by atoms with Gasteiger partial charge in [0.1, 0.15) is 0 Å². The van der Waals surface area contributed by atoms with Gasteiger partial charge in [0, 0.05) is 112 Å². The van der Waals surface area contributed by atoms with E-state index >= 15 is 0 Å². The van der Waals surface area contributed by atoms with E-state index in [0.29, 0.717) is 0 Å². The Balaban J connectivity index is -0.00000159. The van der Waals surface area contributed by atoms with Gasteiger partial charge in [-0.25, -0.2) is 0 Å². The molecule has 3 aromatic heterocycles. The number of imidazole rings is 3. The van der Waals surface area contributed by atoms with Crippen LogP contribution in [0, 0.1) is 53.0 Å². The van der Waals surface area contributed by atoms with Crippen molar-refractivity contribution < 1.29 is 109 Å². The third-order valence-electron chi connectivity index (χ3n) is 14.3. The number of benzene rings is 4. The SMILES string of the molecule is C1=C\CC/C=C\CC/1.C1=C\CC/C=C\CC/1.C1=C\CC/C=C\CC/1.CC#N.CC#N.CC#N.CC(C)(C)n1[c-][n+](C(C)(C)C)c2cc3c(cc21)c1cc2c(cc1c1cc4c(cc31)n(C(C)(C)C)[c-][n+]4C(C)(C)C)[n+](C(C)(C)C)[c-]n2C(C)(C)C.[Cl-].[Cl-].[Cl-].[Rh].[Rh].[Rh]. The number of hydrogen-bond acceptors (Lipinski definition) is 3. The number of fused-ring (bicyclic) bond motifs is 9. The molecule has 0 saturated heterocycles. The average Bonchev–Trinajstić information content (AvgIpc) is 1.38. The molecule has 0 bridgehead atoms. The first-order chi connectivity index (χ1) is 39.3. The summed E-state index contributed by atoms with van der Waals surface area (Å²) < 4.78 is 14.1. The Morgan fingerprint density at radius 2 is 0.433 bits per heavy atom. The number of nitrogens with zero attached hydrogens (tertiary/aromatic N) is 9. The Hall–Kier alpha value is -4.28. The summed E-state index contributed by atoms with van der Waals surface area (Å²) in [5.74, 6) is 0. The summed E-state index contributed by atoms with van der Waals surface area (Å²) in [6, 6.07) is 19.9. The first-order valence-corrected chi connectivity index (χ1v) is 30.8. The molecule has 3 aliphatic rings. The first-order valence-electron chi connectivity index (χ1n) is 30.8. The van der Waals surface area contributed by atoms with Gasteiger partial charge in [-0.1, -0.05) is 109 Å². The van der Waals surface area contributed by atoms with E-state index in [2.05, 4.69) is 280 Å². The molecule has 0 N–H and O–H groups in total. The second kappa shape index (κ2) is 40.1. The van der Waals surface area contributed by atoms with Gasteiger partial charge in [-0.05, 0) is 234 Å². The molecule has 4 aromatic carbocycles. The molecule has 3 heterocycles. The number of allylic oxidation sites excluding steroid dienone is 12. The number of rotatable bonds is 0. The van der Waals surface area contributed by atoms with Crippen LogP contribution in [0.1, 0.15) is 222 Å². The van der Waals surface area contributed by atoms with E-state index in [9.17, 15) is 0 Å². The van der Waals surface area contributed by atoms with Crippen LogP contribution in [0.25, 0.3) is 65.4 Å². The number of aromatic nitrogens is 6. The predicted molar refractivity (Wildman–Crippen MR) is 357 cm³/mol. The maximum Gasteiger partial charge on any atom is 0.205 e. The Morgan fingerprint density at radius 1 is 0.300 bits per heavy atom. The van der Waals surface area contributed by atoms with E-state index in [0.717, 1.165) is 0 Å². The molecule has 501 valence electrons. The molecule has 7 aromatic rings. The fourth-order valence-electron chi connectivity index (χ4n) is 10.4. The molecule has 90 heavy (non-hydrogen) atoms. The zero-order valence-corrected chi connectivity index (χ0v) is 65.2. The average molecular weight is 1550 g/mol. The number of halogens is 3. The van der Waals surface area contributed by atoms with Crippen LogP contribution in [0.15, 0.2) is 109 Å². The smallest absolute Gasteiger partial charge is 0.205 e. The van der Waals surface area contributed by atoms with Crippen LogP contribution in [-0.4, -0.2) is 13.7 Å². The third-order valence-corrected chi connectivity index (χ3v) is 14.3. The van der Waals surface area contributed by atoms with Crippen molar-refractivity contribution in [2.24, 2.45) is 0 Å². The molecule has 15 heteroatoms. The van der Waals surface area contributed by atoms with Crippen molar-refractivity contribution in [3.05, 3.63) is 128 Å². The van der Waals surface area contributed by atoms with Gasteiger partial charge < -0.3 is 64.6 Å². The van der Waals surface area contributed by atoms with E-state index in [4.69, 9.17) is 15.8 Å². The van der Waals surface area contributed by atoms with Crippen LogP contribution >= 0.6 is 0 Å². The molecule has 3 aliphatic carbocycles. The van der Waals surface area contributed by atoms with Gasteiger partial charge >= 0.3 is 0 Å². The summed E-state index contributed by atoms with van der Waals surface area (Å²) in [6.07, 6.45) is 53.4. The molecular weight excluding hydrogens is 1440 g/mol. The van der Waals surface area contributed by atoms with Crippen LogP contribution in [0.5, 0.6) is 0 Å². The zero-order valence-electron chi connectivity index (χ0n) is 58.0. The van der Waals surface area contributed by atoms with Crippen molar-refractivity contribution in [2.45, 2.75) is 256 Å². The minimum Gasteiger partial charge on any atom is -1.00 e. The van der Waals surface area contributed by atoms with Crippen molar-refractivity contribution >= 4 is 65.4 Å². The van der Waals surface area contributed by atoms with Gasteiger partial charge in [0.15, 0.2) is 0 Å². The zero-order chi connectivity index (χ0) is 62.8. The quantitative estimate of drug-likeness (QED) is 0.0497. The van der Waals surface area contributed by atoms with E-state index in [1.165, 1.54) is 163 Å². The molecule has 0 spiro atoms. The Kier molecular flexibility index (Phi) is 40.0. The van der Waals surface area contributed by atoms with Crippen molar-refractivity contribution in [3.8, 4) is 18.2 Å². The number of hydrogen-bond donors (Lipinski definition) is 0. The molecule has 0 fully saturated rings. The molecule has 0 unspecified atom stereocenters. The van der Waals surface area contributed by atoms with Gasteiger partial charge in [0.25, 0.3) is 0 Å². The molecule has 0 amide bonds. The Morgan fingerprint density at radius 3 is 0.556 bits per heavy atom. The normalized spacial score (nSPS) is 15.9. The van der Waals surface area contributed by atoms with Gasteiger partial charge in [-0.3, -0.25) is 0 Å². The van der Waals surface area contributed by atoms with E-state index in [-0.39, 0.29) is 129 Å². The van der Waals surface area contributed by atoms with Crippen LogP contribution in [0.4, 0.5) is 0 Å². The second-order valence-corrected chi connectivity index (χ2v) is 28.0. The molecule has 3 radical (unpaired) electrons. The maximum atomic E-state index is 7.32. The molecule has 0 atom stereocenters. The summed E-state index contributed by atoms with van der Waals surface area (Å²) in [5, 5.41) is 29.5. The van der Waals surface area contributed by atoms with Crippen molar-refractivity contribution in [1.82, 2.24) is 13.7 Å². The van der Waals surface area contributed by atoms with Crippen LogP contribution in [0.3, 0.4) is 0 Å². The summed E-state index contributed by atoms with van der Waals surface area (Å²) in [6.45, 7) is 45.3. The predicted octanol–water partition coefficient (Wildman–Crippen LogP) is 10.4. The molecule has 9 nitrogen and oxygen atoms in total. The van der Waals surface area contributed by atoms with Crippen LogP contribution < -0.4 is 50.9 Å². The summed E-state index contributed by atoms with van der Waals surface area (Å²) in [4.78, 5) is 0. The molecule has 10 rings (SSSR count). The van der Waals surface area contributed by atoms with Gasteiger partial charge in [0.05, 0.1) is 51.4 Å². The standard InChI is InChI=1S/C45H60N6.3C8H12.3C2H3N.3ClH.3Rh/c1-40(2,3)46-25-47(41(4,5)6)35-20-29-28(19-34(35)46)30-21-36-38(50(44(13,14)15)26-48(36)42(7,8)9)23-32(30)33-24-39-37(22-31(29)33)49(43(10,11)12)27-51(39)45(16,17)18;3*1-2-4-6-8-7-5-3-1;3*1-2-3;;;;;;/h19-24H,1-18H3;3*1-2,7-8H,3-6H2;3*1H3;3*1H;;;/p-3/b;3*2-1-,8-7-;;;;;;;;;. The topological polar surface area (TPSA) is 97.8 Å². The Bertz CT molecular complexity index is 3000. The van der Waals surface area contributed by atoms with Crippen molar-refractivity contribution in [3.63, 3.8) is 0 Å². The minimum atomic E-state index is -0.146.